The number of amides is 2. The predicted octanol–water partition coefficient (Wildman–Crippen LogP) is 5.38. The van der Waals surface area contributed by atoms with Crippen LogP contribution in [0.4, 0.5) is 5.69 Å². The van der Waals surface area contributed by atoms with Crippen LogP contribution in [0.1, 0.15) is 95.5 Å². The second kappa shape index (κ2) is 12.8. The Morgan fingerprint density at radius 1 is 1.00 bits per heavy atom. The number of benzene rings is 1. The lowest BCUT2D eigenvalue weighted by atomic mass is 10.0. The smallest absolute Gasteiger partial charge is 0.251 e. The molecule has 0 spiro atoms. The monoisotopic (exact) mass is 429 g/mol. The summed E-state index contributed by atoms with van der Waals surface area (Å²) in [7, 11) is 0. The van der Waals surface area contributed by atoms with E-state index in [-0.39, 0.29) is 17.9 Å². The SMILES string of the molecule is CCC(CC)NC(=O)c1ccc2c(c1)CN(CC(C)C)CCCCCCCN2C(C)=O. The van der Waals surface area contributed by atoms with Gasteiger partial charge >= 0.3 is 0 Å². The van der Waals surface area contributed by atoms with E-state index in [4.69, 9.17) is 0 Å². The Morgan fingerprint density at radius 3 is 2.26 bits per heavy atom. The van der Waals surface area contributed by atoms with Crippen LogP contribution in [0.25, 0.3) is 0 Å². The van der Waals surface area contributed by atoms with Crippen LogP contribution in [0.3, 0.4) is 0 Å². The number of carbonyl (C=O) groups is 2. The van der Waals surface area contributed by atoms with Crippen LogP contribution in [-0.2, 0) is 11.3 Å². The first kappa shape index (κ1) is 25.4. The Balaban J connectivity index is 2.41. The first-order chi connectivity index (χ1) is 14.8. The summed E-state index contributed by atoms with van der Waals surface area (Å²) in [6.07, 6.45) is 7.68. The maximum atomic E-state index is 12.9. The normalized spacial score (nSPS) is 16.5. The zero-order chi connectivity index (χ0) is 22.8. The van der Waals surface area contributed by atoms with E-state index in [9.17, 15) is 9.59 Å². The van der Waals surface area contributed by atoms with Gasteiger partial charge < -0.3 is 10.2 Å². The summed E-state index contributed by atoms with van der Waals surface area (Å²) in [4.78, 5) is 29.8. The van der Waals surface area contributed by atoms with Crippen molar-refractivity contribution in [3.8, 4) is 0 Å². The van der Waals surface area contributed by atoms with Gasteiger partial charge in [0.05, 0.1) is 0 Å². The number of hydrogen-bond donors (Lipinski definition) is 1. The van der Waals surface area contributed by atoms with Crippen molar-refractivity contribution in [2.24, 2.45) is 5.92 Å². The lowest BCUT2D eigenvalue weighted by molar-refractivity contribution is -0.116. The topological polar surface area (TPSA) is 52.7 Å². The lowest BCUT2D eigenvalue weighted by Gasteiger charge is -2.30. The van der Waals surface area contributed by atoms with Crippen LogP contribution in [0.15, 0.2) is 18.2 Å². The number of hydrogen-bond acceptors (Lipinski definition) is 3. The van der Waals surface area contributed by atoms with Crippen molar-refractivity contribution in [3.05, 3.63) is 29.3 Å². The first-order valence-corrected chi connectivity index (χ1v) is 12.3. The summed E-state index contributed by atoms with van der Waals surface area (Å²) in [5.41, 5.74) is 2.72. The number of anilines is 1. The fraction of sp³-hybridized carbons (Fsp3) is 0.692. The predicted molar refractivity (Wildman–Crippen MR) is 130 cm³/mol. The van der Waals surface area contributed by atoms with Crippen LogP contribution in [0, 0.1) is 5.92 Å². The van der Waals surface area contributed by atoms with Crippen LogP contribution in [0.2, 0.25) is 0 Å². The molecular formula is C26H43N3O2. The molecule has 1 aromatic rings. The average molecular weight is 430 g/mol. The van der Waals surface area contributed by atoms with E-state index in [0.717, 1.165) is 63.1 Å². The molecule has 1 heterocycles. The first-order valence-electron chi connectivity index (χ1n) is 12.3. The Morgan fingerprint density at radius 2 is 1.65 bits per heavy atom. The molecule has 0 radical (unpaired) electrons. The number of nitrogens with one attached hydrogen (secondary N) is 1. The lowest BCUT2D eigenvalue weighted by Crippen LogP contribution is -2.35. The molecule has 0 bridgehead atoms. The van der Waals surface area contributed by atoms with Gasteiger partial charge in [-0.25, -0.2) is 0 Å². The minimum Gasteiger partial charge on any atom is -0.349 e. The molecule has 1 aromatic carbocycles. The van der Waals surface area contributed by atoms with Gasteiger partial charge in [0.25, 0.3) is 5.91 Å². The minimum atomic E-state index is -0.0209. The third-order valence-corrected chi connectivity index (χ3v) is 6.21. The Kier molecular flexibility index (Phi) is 10.5. The molecule has 0 aromatic heterocycles. The largest absolute Gasteiger partial charge is 0.349 e. The average Bonchev–Trinajstić information content (AvgIpc) is 2.72. The molecule has 1 aliphatic heterocycles. The number of nitrogens with zero attached hydrogens (tertiary/aromatic N) is 2. The van der Waals surface area contributed by atoms with Crippen molar-refractivity contribution >= 4 is 17.5 Å². The third-order valence-electron chi connectivity index (χ3n) is 6.21. The van der Waals surface area contributed by atoms with E-state index in [1.807, 2.05) is 23.1 Å². The van der Waals surface area contributed by atoms with Crippen LogP contribution in [-0.4, -0.2) is 42.4 Å². The van der Waals surface area contributed by atoms with Crippen LogP contribution < -0.4 is 10.2 Å². The summed E-state index contributed by atoms with van der Waals surface area (Å²) < 4.78 is 0. The molecule has 0 atom stereocenters. The summed E-state index contributed by atoms with van der Waals surface area (Å²) in [5.74, 6) is 0.622. The second-order valence-electron chi connectivity index (χ2n) is 9.40. The van der Waals surface area contributed by atoms with Gasteiger partial charge in [-0.1, -0.05) is 47.0 Å². The van der Waals surface area contributed by atoms with Crippen molar-refractivity contribution in [1.82, 2.24) is 10.2 Å². The molecule has 0 aliphatic carbocycles. The molecule has 1 N–H and O–H groups in total. The standard InChI is InChI=1S/C26H43N3O2/c1-6-24(7-2)27-26(31)22-13-14-25-23(17-22)19-28(18-20(3)4)15-11-9-8-10-12-16-29(25)21(5)30/h13-14,17,20,24H,6-12,15-16,18-19H2,1-5H3,(H,27,31). The molecule has 0 saturated heterocycles. The molecule has 174 valence electrons. The molecule has 0 unspecified atom stereocenters. The highest BCUT2D eigenvalue weighted by atomic mass is 16.2. The Hall–Kier alpha value is -1.88. The summed E-state index contributed by atoms with van der Waals surface area (Å²) in [6, 6.07) is 6.07. The fourth-order valence-corrected chi connectivity index (χ4v) is 4.45. The van der Waals surface area contributed by atoms with Crippen molar-refractivity contribution in [2.45, 2.75) is 92.2 Å². The highest BCUT2D eigenvalue weighted by molar-refractivity contribution is 5.97. The van der Waals surface area contributed by atoms with E-state index in [0.29, 0.717) is 11.5 Å². The molecule has 0 saturated carbocycles. The van der Waals surface area contributed by atoms with E-state index in [1.54, 1.807) is 6.92 Å². The van der Waals surface area contributed by atoms with Gasteiger partial charge in [-0.15, -0.1) is 0 Å². The van der Waals surface area contributed by atoms with Gasteiger partial charge in [0.15, 0.2) is 0 Å². The van der Waals surface area contributed by atoms with Crippen LogP contribution in [0.5, 0.6) is 0 Å². The maximum absolute atomic E-state index is 12.9. The van der Waals surface area contributed by atoms with E-state index >= 15 is 0 Å². The quantitative estimate of drug-likeness (QED) is 0.660. The summed E-state index contributed by atoms with van der Waals surface area (Å²) >= 11 is 0. The molecular weight excluding hydrogens is 386 g/mol. The highest BCUT2D eigenvalue weighted by Crippen LogP contribution is 2.26. The van der Waals surface area contributed by atoms with E-state index in [1.165, 1.54) is 19.3 Å². The number of carbonyl (C=O) groups excluding carboxylic acids is 2. The van der Waals surface area contributed by atoms with Crippen LogP contribution >= 0.6 is 0 Å². The van der Waals surface area contributed by atoms with Gasteiger partial charge in [0, 0.05) is 43.9 Å². The molecule has 31 heavy (non-hydrogen) atoms. The Bertz CT molecular complexity index is 713. The Labute approximate surface area is 189 Å². The minimum absolute atomic E-state index is 0.0209. The molecule has 5 heteroatoms. The van der Waals surface area contributed by atoms with E-state index in [2.05, 4.69) is 37.9 Å². The third kappa shape index (κ3) is 7.95. The van der Waals surface area contributed by atoms with Crippen molar-refractivity contribution in [2.75, 3.05) is 24.5 Å². The van der Waals surface area contributed by atoms with Crippen molar-refractivity contribution in [1.29, 1.82) is 0 Å². The van der Waals surface area contributed by atoms with Gasteiger partial charge in [0.1, 0.15) is 0 Å². The second-order valence-corrected chi connectivity index (χ2v) is 9.40. The summed E-state index contributed by atoms with van der Waals surface area (Å²) in [6.45, 7) is 13.9. The van der Waals surface area contributed by atoms with Gasteiger partial charge in [-0.05, 0) is 61.9 Å². The molecule has 1 aliphatic rings. The van der Waals surface area contributed by atoms with Crippen molar-refractivity contribution in [3.63, 3.8) is 0 Å². The maximum Gasteiger partial charge on any atom is 0.251 e. The highest BCUT2D eigenvalue weighted by Gasteiger charge is 2.21. The molecule has 2 amide bonds. The fourth-order valence-electron chi connectivity index (χ4n) is 4.45. The van der Waals surface area contributed by atoms with Gasteiger partial charge in [-0.3, -0.25) is 14.5 Å². The van der Waals surface area contributed by atoms with Gasteiger partial charge in [-0.2, -0.15) is 0 Å². The zero-order valence-electron chi connectivity index (χ0n) is 20.4. The number of rotatable bonds is 6. The zero-order valence-corrected chi connectivity index (χ0v) is 20.4. The molecule has 5 nitrogen and oxygen atoms in total. The van der Waals surface area contributed by atoms with Crippen molar-refractivity contribution < 1.29 is 9.59 Å². The number of fused-ring (bicyclic) bond motifs is 1. The molecule has 2 rings (SSSR count). The van der Waals surface area contributed by atoms with Gasteiger partial charge in [0.2, 0.25) is 5.91 Å². The summed E-state index contributed by atoms with van der Waals surface area (Å²) in [5, 5.41) is 3.15. The van der Waals surface area contributed by atoms with E-state index < -0.39 is 0 Å². The molecule has 0 fully saturated rings.